The second-order valence-electron chi connectivity index (χ2n) is 4.87. The highest BCUT2D eigenvalue weighted by Crippen LogP contribution is 2.36. The summed E-state index contributed by atoms with van der Waals surface area (Å²) >= 11 is 3.47. The summed E-state index contributed by atoms with van der Waals surface area (Å²) in [5, 5.41) is 14.9. The summed E-state index contributed by atoms with van der Waals surface area (Å²) in [7, 11) is 0. The van der Waals surface area contributed by atoms with Crippen molar-refractivity contribution in [2.45, 2.75) is 13.8 Å². The van der Waals surface area contributed by atoms with Crippen molar-refractivity contribution < 1.29 is 14.4 Å². The Balaban J connectivity index is 2.17. The van der Waals surface area contributed by atoms with Crippen molar-refractivity contribution in [3.8, 4) is 11.5 Å². The van der Waals surface area contributed by atoms with Crippen LogP contribution in [-0.2, 0) is 0 Å². The number of nitro benzene ring substituents is 1. The van der Waals surface area contributed by atoms with E-state index in [0.717, 1.165) is 10.0 Å². The molecule has 132 valence electrons. The minimum atomic E-state index is -0.452. The lowest BCUT2D eigenvalue weighted by Crippen LogP contribution is -2.00. The topological polar surface area (TPSA) is 86.0 Å². The summed E-state index contributed by atoms with van der Waals surface area (Å²) in [5.41, 5.74) is 4.10. The molecule has 0 unspecified atom stereocenters. The number of hydrazone groups is 1. The fourth-order valence-corrected chi connectivity index (χ4v) is 2.65. The molecule has 0 bridgehead atoms. The van der Waals surface area contributed by atoms with Gasteiger partial charge in [-0.1, -0.05) is 6.07 Å². The number of halogens is 1. The third-order valence-corrected chi connectivity index (χ3v) is 3.67. The average molecular weight is 408 g/mol. The Kier molecular flexibility index (Phi) is 6.76. The summed E-state index contributed by atoms with van der Waals surface area (Å²) < 4.78 is 12.0. The molecule has 7 nitrogen and oxygen atoms in total. The Morgan fingerprint density at radius 1 is 1.24 bits per heavy atom. The van der Waals surface area contributed by atoms with E-state index in [1.165, 1.54) is 12.1 Å². The first-order chi connectivity index (χ1) is 12.0. The number of hydrogen-bond donors (Lipinski definition) is 1. The molecule has 0 saturated heterocycles. The molecule has 0 aliphatic heterocycles. The second kappa shape index (κ2) is 9.03. The van der Waals surface area contributed by atoms with Crippen LogP contribution in [0.15, 0.2) is 46.0 Å². The Labute approximate surface area is 153 Å². The van der Waals surface area contributed by atoms with Crippen molar-refractivity contribution >= 4 is 33.5 Å². The minimum Gasteiger partial charge on any atom is -0.490 e. The van der Waals surface area contributed by atoms with E-state index < -0.39 is 4.92 Å². The van der Waals surface area contributed by atoms with Crippen LogP contribution in [0.4, 0.5) is 11.4 Å². The Bertz CT molecular complexity index is 780. The molecule has 0 aliphatic rings. The number of hydrogen-bond acceptors (Lipinski definition) is 6. The highest BCUT2D eigenvalue weighted by atomic mass is 79.9. The lowest BCUT2D eigenvalue weighted by atomic mass is 10.2. The van der Waals surface area contributed by atoms with Crippen LogP contribution in [0.25, 0.3) is 0 Å². The van der Waals surface area contributed by atoms with Crippen molar-refractivity contribution in [3.05, 3.63) is 56.5 Å². The maximum atomic E-state index is 10.8. The summed E-state index contributed by atoms with van der Waals surface area (Å²) in [6.07, 6.45) is 1.60. The van der Waals surface area contributed by atoms with Crippen molar-refractivity contribution in [2.24, 2.45) is 5.10 Å². The number of ether oxygens (including phenoxy) is 2. The van der Waals surface area contributed by atoms with Gasteiger partial charge in [0.2, 0.25) is 0 Å². The van der Waals surface area contributed by atoms with Gasteiger partial charge in [0.25, 0.3) is 5.69 Å². The molecule has 0 atom stereocenters. The van der Waals surface area contributed by atoms with Gasteiger partial charge in [-0.3, -0.25) is 15.5 Å². The predicted octanol–water partition coefficient (Wildman–Crippen LogP) is 4.60. The first kappa shape index (κ1) is 18.7. The van der Waals surface area contributed by atoms with Crippen molar-refractivity contribution in [1.82, 2.24) is 0 Å². The van der Waals surface area contributed by atoms with Crippen LogP contribution in [-0.4, -0.2) is 24.4 Å². The number of nitro groups is 1. The molecule has 0 radical (unpaired) electrons. The third kappa shape index (κ3) is 5.18. The monoisotopic (exact) mass is 407 g/mol. The van der Waals surface area contributed by atoms with Gasteiger partial charge in [-0.25, -0.2) is 0 Å². The summed E-state index contributed by atoms with van der Waals surface area (Å²) in [4.78, 5) is 10.3. The number of benzene rings is 2. The zero-order chi connectivity index (χ0) is 18.2. The standard InChI is InChI=1S/C17H18BrN3O4/c1-3-24-16-9-12(8-15(18)17(16)25-4-2)11-19-20-13-6-5-7-14(10-13)21(22)23/h5-11,20H,3-4H2,1-2H3. The molecule has 0 saturated carbocycles. The summed E-state index contributed by atoms with van der Waals surface area (Å²) in [6.45, 7) is 4.84. The quantitative estimate of drug-likeness (QED) is 0.392. The van der Waals surface area contributed by atoms with Gasteiger partial charge in [0.15, 0.2) is 11.5 Å². The van der Waals surface area contributed by atoms with E-state index in [-0.39, 0.29) is 5.69 Å². The van der Waals surface area contributed by atoms with Gasteiger partial charge < -0.3 is 9.47 Å². The van der Waals surface area contributed by atoms with Crippen molar-refractivity contribution in [1.29, 1.82) is 0 Å². The Morgan fingerprint density at radius 2 is 2.00 bits per heavy atom. The Hall–Kier alpha value is -2.61. The first-order valence-electron chi connectivity index (χ1n) is 7.67. The van der Waals surface area contributed by atoms with Gasteiger partial charge in [-0.15, -0.1) is 0 Å². The van der Waals surface area contributed by atoms with Crippen LogP contribution >= 0.6 is 15.9 Å². The molecule has 2 aromatic rings. The zero-order valence-electron chi connectivity index (χ0n) is 13.9. The van der Waals surface area contributed by atoms with E-state index >= 15 is 0 Å². The lowest BCUT2D eigenvalue weighted by Gasteiger charge is -2.13. The van der Waals surface area contributed by atoms with E-state index in [1.54, 1.807) is 18.3 Å². The predicted molar refractivity (Wildman–Crippen MR) is 101 cm³/mol. The number of rotatable bonds is 8. The second-order valence-corrected chi connectivity index (χ2v) is 5.73. The number of anilines is 1. The molecule has 2 aromatic carbocycles. The first-order valence-corrected chi connectivity index (χ1v) is 8.47. The molecule has 0 heterocycles. The summed E-state index contributed by atoms with van der Waals surface area (Å²) in [6, 6.07) is 9.80. The van der Waals surface area contributed by atoms with Gasteiger partial charge >= 0.3 is 0 Å². The zero-order valence-corrected chi connectivity index (χ0v) is 15.4. The van der Waals surface area contributed by atoms with Gasteiger partial charge in [0.1, 0.15) is 0 Å². The van der Waals surface area contributed by atoms with Crippen molar-refractivity contribution in [3.63, 3.8) is 0 Å². The molecular formula is C17H18BrN3O4. The van der Waals surface area contributed by atoms with Crippen LogP contribution in [0, 0.1) is 10.1 Å². The molecular weight excluding hydrogens is 390 g/mol. The maximum absolute atomic E-state index is 10.8. The molecule has 0 aromatic heterocycles. The molecule has 2 rings (SSSR count). The molecule has 0 fully saturated rings. The smallest absolute Gasteiger partial charge is 0.271 e. The third-order valence-electron chi connectivity index (χ3n) is 3.08. The molecule has 0 spiro atoms. The Morgan fingerprint density at radius 3 is 2.68 bits per heavy atom. The van der Waals surface area contributed by atoms with Crippen LogP contribution in [0.1, 0.15) is 19.4 Å². The fraction of sp³-hybridized carbons (Fsp3) is 0.235. The largest absolute Gasteiger partial charge is 0.490 e. The van der Waals surface area contributed by atoms with Gasteiger partial charge in [-0.05, 0) is 53.5 Å². The van der Waals surface area contributed by atoms with E-state index in [2.05, 4.69) is 26.5 Å². The summed E-state index contributed by atoms with van der Waals surface area (Å²) in [5.74, 6) is 1.27. The minimum absolute atomic E-state index is 0.00245. The van der Waals surface area contributed by atoms with Crippen molar-refractivity contribution in [2.75, 3.05) is 18.6 Å². The average Bonchev–Trinajstić information content (AvgIpc) is 2.58. The van der Waals surface area contributed by atoms with Gasteiger partial charge in [0.05, 0.1) is 34.5 Å². The fourth-order valence-electron chi connectivity index (χ4n) is 2.08. The number of nitrogens with one attached hydrogen (secondary N) is 1. The van der Waals surface area contributed by atoms with Crippen LogP contribution in [0.2, 0.25) is 0 Å². The van der Waals surface area contributed by atoms with E-state index in [9.17, 15) is 10.1 Å². The van der Waals surface area contributed by atoms with E-state index in [1.807, 2.05) is 26.0 Å². The molecule has 0 amide bonds. The van der Waals surface area contributed by atoms with E-state index in [0.29, 0.717) is 30.4 Å². The molecule has 0 aliphatic carbocycles. The maximum Gasteiger partial charge on any atom is 0.271 e. The SMILES string of the molecule is CCOc1cc(C=NNc2cccc([N+](=O)[O-])c2)cc(Br)c1OCC. The molecule has 1 N–H and O–H groups in total. The highest BCUT2D eigenvalue weighted by molar-refractivity contribution is 9.10. The van der Waals surface area contributed by atoms with Crippen LogP contribution in [0.3, 0.4) is 0 Å². The van der Waals surface area contributed by atoms with E-state index in [4.69, 9.17) is 9.47 Å². The van der Waals surface area contributed by atoms with Gasteiger partial charge in [-0.2, -0.15) is 5.10 Å². The van der Waals surface area contributed by atoms with Crippen LogP contribution in [0.5, 0.6) is 11.5 Å². The highest BCUT2D eigenvalue weighted by Gasteiger charge is 2.11. The normalized spacial score (nSPS) is 10.7. The molecule has 8 heteroatoms. The number of nitrogens with zero attached hydrogens (tertiary/aromatic N) is 2. The lowest BCUT2D eigenvalue weighted by molar-refractivity contribution is -0.384. The van der Waals surface area contributed by atoms with Crippen LogP contribution < -0.4 is 14.9 Å². The number of non-ortho nitro benzene ring substituents is 1. The molecule has 25 heavy (non-hydrogen) atoms. The van der Waals surface area contributed by atoms with Gasteiger partial charge in [0, 0.05) is 12.1 Å².